The molecule has 1 N–H and O–H groups in total. The Balaban J connectivity index is 1.51. The molecule has 0 aromatic heterocycles. The number of benzene rings is 4. The minimum atomic E-state index is -0.944. The van der Waals surface area contributed by atoms with Gasteiger partial charge >= 0.3 is 12.1 Å². The van der Waals surface area contributed by atoms with Gasteiger partial charge in [0.2, 0.25) is 0 Å². The third-order valence-electron chi connectivity index (χ3n) is 7.15. The fourth-order valence-electron chi connectivity index (χ4n) is 4.96. The van der Waals surface area contributed by atoms with Crippen molar-refractivity contribution in [3.63, 3.8) is 0 Å². The summed E-state index contributed by atoms with van der Waals surface area (Å²) in [7, 11) is 3.15. The number of aliphatic carboxylic acids is 1. The van der Waals surface area contributed by atoms with Crippen LogP contribution in [0.3, 0.4) is 0 Å². The van der Waals surface area contributed by atoms with Crippen LogP contribution in [0.5, 0.6) is 23.0 Å². The van der Waals surface area contributed by atoms with Crippen molar-refractivity contribution in [2.24, 2.45) is 0 Å². The average molecular weight is 554 g/mol. The number of carboxylic acid groups (broad SMARTS) is 1. The Morgan fingerprint density at radius 1 is 0.854 bits per heavy atom. The van der Waals surface area contributed by atoms with Gasteiger partial charge in [-0.2, -0.15) is 0 Å². The van der Waals surface area contributed by atoms with Gasteiger partial charge in [0.1, 0.15) is 17.6 Å². The highest BCUT2D eigenvalue weighted by Crippen LogP contribution is 2.39. The lowest BCUT2D eigenvalue weighted by molar-refractivity contribution is -0.136. The lowest BCUT2D eigenvalue weighted by atomic mass is 10.0. The topological polar surface area (TPSA) is 94.5 Å². The van der Waals surface area contributed by atoms with E-state index in [0.717, 1.165) is 28.0 Å². The molecule has 0 bridgehead atoms. The second-order valence-electron chi connectivity index (χ2n) is 9.79. The zero-order chi connectivity index (χ0) is 28.9. The molecule has 0 radical (unpaired) electrons. The maximum absolute atomic E-state index is 13.1. The third-order valence-corrected chi connectivity index (χ3v) is 7.15. The lowest BCUT2D eigenvalue weighted by Gasteiger charge is -2.23. The molecular formula is C33H31NO7. The molecule has 0 unspecified atom stereocenters. The second kappa shape index (κ2) is 12.0. The van der Waals surface area contributed by atoms with Crippen LogP contribution in [0.1, 0.15) is 29.7 Å². The molecule has 8 nitrogen and oxygen atoms in total. The molecule has 1 aliphatic rings. The van der Waals surface area contributed by atoms with Crippen molar-refractivity contribution in [2.45, 2.75) is 32.0 Å². The van der Waals surface area contributed by atoms with Gasteiger partial charge in [-0.25, -0.2) is 4.79 Å². The molecule has 1 heterocycles. The largest absolute Gasteiger partial charge is 0.497 e. The van der Waals surface area contributed by atoms with Crippen LogP contribution in [-0.4, -0.2) is 42.3 Å². The van der Waals surface area contributed by atoms with Crippen molar-refractivity contribution in [1.29, 1.82) is 0 Å². The maximum Gasteiger partial charge on any atom is 0.411 e. The Morgan fingerprint density at radius 2 is 1.56 bits per heavy atom. The van der Waals surface area contributed by atoms with Gasteiger partial charge < -0.3 is 24.1 Å². The molecule has 4 aromatic carbocycles. The number of cyclic esters (lactones) is 1. The van der Waals surface area contributed by atoms with E-state index in [-0.39, 0.29) is 19.0 Å². The predicted molar refractivity (Wildman–Crippen MR) is 154 cm³/mol. The van der Waals surface area contributed by atoms with Crippen LogP contribution in [0.2, 0.25) is 0 Å². The number of methoxy groups -OCH3 is 2. The number of carbonyl (C=O) groups is 2. The van der Waals surface area contributed by atoms with Gasteiger partial charge in [0, 0.05) is 5.56 Å². The van der Waals surface area contributed by atoms with Crippen molar-refractivity contribution in [3.05, 3.63) is 108 Å². The Bertz CT molecular complexity index is 1540. The summed E-state index contributed by atoms with van der Waals surface area (Å²) in [6.45, 7) is 2.20. The summed E-state index contributed by atoms with van der Waals surface area (Å²) < 4.78 is 22.9. The van der Waals surface area contributed by atoms with Crippen LogP contribution in [0.25, 0.3) is 11.1 Å². The molecule has 41 heavy (non-hydrogen) atoms. The van der Waals surface area contributed by atoms with Crippen LogP contribution in [0.4, 0.5) is 4.79 Å². The molecule has 1 aliphatic heterocycles. The van der Waals surface area contributed by atoms with E-state index in [4.69, 9.17) is 18.9 Å². The molecule has 2 atom stereocenters. The molecule has 0 saturated carbocycles. The SMILES string of the molecule is COc1ccc(-c2ccc(Oc3cc(CC(=O)O)ccc3OC)c(CN3C(=O)O[C@H](c4ccccc4)[C@@H]3C)c2)cc1. The van der Waals surface area contributed by atoms with Crippen LogP contribution in [-0.2, 0) is 22.5 Å². The van der Waals surface area contributed by atoms with Crippen molar-refractivity contribution < 1.29 is 33.6 Å². The normalized spacial score (nSPS) is 16.3. The van der Waals surface area contributed by atoms with E-state index in [1.54, 1.807) is 30.2 Å². The number of amides is 1. The van der Waals surface area contributed by atoms with Crippen LogP contribution in [0, 0.1) is 0 Å². The van der Waals surface area contributed by atoms with Crippen molar-refractivity contribution in [1.82, 2.24) is 4.90 Å². The first-order valence-corrected chi connectivity index (χ1v) is 13.2. The molecule has 1 saturated heterocycles. The number of ether oxygens (including phenoxy) is 4. The summed E-state index contributed by atoms with van der Waals surface area (Å²) in [4.78, 5) is 26.1. The Kier molecular flexibility index (Phi) is 8.10. The van der Waals surface area contributed by atoms with E-state index in [1.165, 1.54) is 7.11 Å². The molecular weight excluding hydrogens is 522 g/mol. The van der Waals surface area contributed by atoms with Crippen molar-refractivity contribution in [2.75, 3.05) is 14.2 Å². The summed E-state index contributed by atoms with van der Waals surface area (Å²) in [5.41, 5.74) is 4.16. The lowest BCUT2D eigenvalue weighted by Crippen LogP contribution is -2.31. The molecule has 8 heteroatoms. The summed E-state index contributed by atoms with van der Waals surface area (Å²) in [6, 6.07) is 28.0. The van der Waals surface area contributed by atoms with E-state index < -0.39 is 18.2 Å². The first kappa shape index (κ1) is 27.6. The highest BCUT2D eigenvalue weighted by Gasteiger charge is 2.40. The minimum Gasteiger partial charge on any atom is -0.497 e. The number of nitrogens with zero attached hydrogens (tertiary/aromatic N) is 1. The Labute approximate surface area is 238 Å². The number of hydrogen-bond acceptors (Lipinski definition) is 6. The Morgan fingerprint density at radius 3 is 2.24 bits per heavy atom. The van der Waals surface area contributed by atoms with Crippen LogP contribution < -0.4 is 14.2 Å². The zero-order valence-corrected chi connectivity index (χ0v) is 23.1. The molecule has 4 aromatic rings. The second-order valence-corrected chi connectivity index (χ2v) is 9.79. The third kappa shape index (κ3) is 6.11. The number of hydrogen-bond donors (Lipinski definition) is 1. The van der Waals surface area contributed by atoms with Crippen LogP contribution >= 0.6 is 0 Å². The van der Waals surface area contributed by atoms with Gasteiger partial charge in [0.05, 0.1) is 33.2 Å². The number of carboxylic acids is 1. The fraction of sp³-hybridized carbons (Fsp3) is 0.212. The first-order valence-electron chi connectivity index (χ1n) is 13.2. The van der Waals surface area contributed by atoms with Gasteiger partial charge in [-0.3, -0.25) is 9.69 Å². The smallest absolute Gasteiger partial charge is 0.411 e. The van der Waals surface area contributed by atoms with Gasteiger partial charge in [0.15, 0.2) is 11.5 Å². The number of carbonyl (C=O) groups excluding carboxylic acids is 1. The standard InChI is InChI=1S/C33H31NO7/c1-21-32(24-7-5-4-6-8-24)41-33(37)34(21)20-26-19-25(23-10-13-27(38-2)14-11-23)12-16-28(26)40-30-17-22(18-31(35)36)9-15-29(30)39-3/h4-17,19,21,32H,18,20H2,1-3H3,(H,35,36)/t21-,32-/m0/s1. The Hall–Kier alpha value is -4.98. The van der Waals surface area contributed by atoms with E-state index in [9.17, 15) is 14.7 Å². The fourth-order valence-corrected chi connectivity index (χ4v) is 4.96. The van der Waals surface area contributed by atoms with Gasteiger partial charge in [-0.05, 0) is 65.6 Å². The maximum atomic E-state index is 13.1. The summed E-state index contributed by atoms with van der Waals surface area (Å²) in [5.74, 6) is 1.16. The highest BCUT2D eigenvalue weighted by molar-refractivity contribution is 5.72. The highest BCUT2D eigenvalue weighted by atomic mass is 16.6. The molecule has 5 rings (SSSR count). The minimum absolute atomic E-state index is 0.151. The quantitative estimate of drug-likeness (QED) is 0.229. The number of rotatable bonds is 10. The van der Waals surface area contributed by atoms with E-state index in [1.807, 2.05) is 79.7 Å². The molecule has 1 amide bonds. The van der Waals surface area contributed by atoms with Gasteiger partial charge in [-0.15, -0.1) is 0 Å². The summed E-state index contributed by atoms with van der Waals surface area (Å²) >= 11 is 0. The monoisotopic (exact) mass is 553 g/mol. The zero-order valence-electron chi connectivity index (χ0n) is 23.1. The van der Waals surface area contributed by atoms with Crippen molar-refractivity contribution >= 4 is 12.1 Å². The summed E-state index contributed by atoms with van der Waals surface area (Å²) in [5, 5.41) is 9.27. The van der Waals surface area contributed by atoms with Gasteiger partial charge in [0.25, 0.3) is 0 Å². The predicted octanol–water partition coefficient (Wildman–Crippen LogP) is 6.87. The molecule has 210 valence electrons. The average Bonchev–Trinajstić information content (AvgIpc) is 3.27. The van der Waals surface area contributed by atoms with E-state index in [0.29, 0.717) is 22.8 Å². The molecule has 0 aliphatic carbocycles. The summed E-state index contributed by atoms with van der Waals surface area (Å²) in [6.07, 6.45) is -0.958. The molecule has 1 fully saturated rings. The first-order chi connectivity index (χ1) is 19.9. The van der Waals surface area contributed by atoms with Crippen LogP contribution in [0.15, 0.2) is 91.0 Å². The van der Waals surface area contributed by atoms with E-state index in [2.05, 4.69) is 0 Å². The van der Waals surface area contributed by atoms with Gasteiger partial charge in [-0.1, -0.05) is 54.6 Å². The van der Waals surface area contributed by atoms with Crippen molar-refractivity contribution in [3.8, 4) is 34.1 Å². The molecule has 0 spiro atoms. The van der Waals surface area contributed by atoms with E-state index >= 15 is 0 Å².